The van der Waals surface area contributed by atoms with Gasteiger partial charge in [-0.1, -0.05) is 11.6 Å². The number of hydrogen-bond acceptors (Lipinski definition) is 2. The highest BCUT2D eigenvalue weighted by Gasteiger charge is 2.25. The van der Waals surface area contributed by atoms with E-state index in [1.807, 2.05) is 24.3 Å². The molecule has 0 spiro atoms. The smallest absolute Gasteiger partial charge is 0.308 e. The predicted octanol–water partition coefficient (Wildman–Crippen LogP) is 2.64. The van der Waals surface area contributed by atoms with Crippen LogP contribution in [0.3, 0.4) is 0 Å². The summed E-state index contributed by atoms with van der Waals surface area (Å²) in [7, 11) is 0. The van der Waals surface area contributed by atoms with E-state index in [1.54, 1.807) is 0 Å². The highest BCUT2D eigenvalue weighted by atomic mass is 35.5. The van der Waals surface area contributed by atoms with Crippen molar-refractivity contribution in [3.8, 4) is 0 Å². The Balaban J connectivity index is 2.09. The van der Waals surface area contributed by atoms with Crippen molar-refractivity contribution in [1.82, 2.24) is 0 Å². The van der Waals surface area contributed by atoms with Gasteiger partial charge in [0.25, 0.3) is 0 Å². The average molecular weight is 240 g/mol. The van der Waals surface area contributed by atoms with E-state index in [0.29, 0.717) is 11.6 Å². The van der Waals surface area contributed by atoms with Crippen LogP contribution in [0, 0.1) is 5.92 Å². The first kappa shape index (κ1) is 11.3. The molecule has 1 N–H and O–H groups in total. The fourth-order valence-electron chi connectivity index (χ4n) is 2.07. The molecule has 0 bridgehead atoms. The molecule has 1 saturated heterocycles. The maximum absolute atomic E-state index is 10.9. The molecule has 1 fully saturated rings. The van der Waals surface area contributed by atoms with Crippen molar-refractivity contribution in [2.75, 3.05) is 18.0 Å². The van der Waals surface area contributed by atoms with Crippen LogP contribution >= 0.6 is 11.6 Å². The summed E-state index contributed by atoms with van der Waals surface area (Å²) in [5.41, 5.74) is 1.05. The molecule has 0 aliphatic carbocycles. The molecule has 1 atom stereocenters. The van der Waals surface area contributed by atoms with Crippen molar-refractivity contribution in [3.63, 3.8) is 0 Å². The number of carbonyl (C=O) groups is 1. The van der Waals surface area contributed by atoms with Gasteiger partial charge in [-0.15, -0.1) is 0 Å². The van der Waals surface area contributed by atoms with Crippen LogP contribution in [0.5, 0.6) is 0 Å². The van der Waals surface area contributed by atoms with Crippen molar-refractivity contribution in [2.45, 2.75) is 12.8 Å². The molecule has 86 valence electrons. The Labute approximate surface area is 99.6 Å². The van der Waals surface area contributed by atoms with Crippen LogP contribution in [-0.4, -0.2) is 24.2 Å². The van der Waals surface area contributed by atoms with Gasteiger partial charge in [-0.3, -0.25) is 4.79 Å². The summed E-state index contributed by atoms with van der Waals surface area (Å²) in [4.78, 5) is 13.0. The molecule has 0 aromatic heterocycles. The van der Waals surface area contributed by atoms with Gasteiger partial charge < -0.3 is 10.0 Å². The van der Waals surface area contributed by atoms with Crippen LogP contribution in [0.4, 0.5) is 5.69 Å². The fourth-order valence-corrected chi connectivity index (χ4v) is 2.19. The standard InChI is InChI=1S/C12H14ClNO2/c13-10-3-5-11(6-4-10)14-7-1-2-9(8-14)12(15)16/h3-6,9H,1-2,7-8H2,(H,15,16). The minimum atomic E-state index is -0.696. The third kappa shape index (κ3) is 2.47. The Morgan fingerprint density at radius 2 is 2.06 bits per heavy atom. The Kier molecular flexibility index (Phi) is 3.34. The molecular formula is C12H14ClNO2. The third-order valence-electron chi connectivity index (χ3n) is 2.96. The third-order valence-corrected chi connectivity index (χ3v) is 3.21. The highest BCUT2D eigenvalue weighted by molar-refractivity contribution is 6.30. The first-order valence-corrected chi connectivity index (χ1v) is 5.78. The van der Waals surface area contributed by atoms with Crippen molar-refractivity contribution >= 4 is 23.3 Å². The molecule has 1 aliphatic heterocycles. The van der Waals surface area contributed by atoms with Crippen LogP contribution in [0.2, 0.25) is 5.02 Å². The number of anilines is 1. The van der Waals surface area contributed by atoms with Crippen molar-refractivity contribution in [2.24, 2.45) is 5.92 Å². The zero-order chi connectivity index (χ0) is 11.5. The molecule has 0 amide bonds. The number of halogens is 1. The van der Waals surface area contributed by atoms with E-state index in [2.05, 4.69) is 4.90 Å². The summed E-state index contributed by atoms with van der Waals surface area (Å²) in [6.45, 7) is 1.52. The van der Waals surface area contributed by atoms with Gasteiger partial charge in [0.05, 0.1) is 5.92 Å². The second kappa shape index (κ2) is 4.74. The lowest BCUT2D eigenvalue weighted by molar-refractivity contribution is -0.141. The van der Waals surface area contributed by atoms with Gasteiger partial charge in [0.2, 0.25) is 0 Å². The maximum atomic E-state index is 10.9. The fraction of sp³-hybridized carbons (Fsp3) is 0.417. The largest absolute Gasteiger partial charge is 0.481 e. The molecule has 3 nitrogen and oxygen atoms in total. The zero-order valence-electron chi connectivity index (χ0n) is 8.90. The number of piperidine rings is 1. The van der Waals surface area contributed by atoms with Crippen LogP contribution < -0.4 is 4.90 Å². The lowest BCUT2D eigenvalue weighted by Crippen LogP contribution is -2.38. The Morgan fingerprint density at radius 1 is 1.38 bits per heavy atom. The summed E-state index contributed by atoms with van der Waals surface area (Å²) in [6, 6.07) is 7.54. The number of aliphatic carboxylic acids is 1. The molecule has 2 rings (SSSR count). The minimum Gasteiger partial charge on any atom is -0.481 e. The van der Waals surface area contributed by atoms with E-state index < -0.39 is 5.97 Å². The van der Waals surface area contributed by atoms with Gasteiger partial charge in [0.15, 0.2) is 0 Å². The highest BCUT2D eigenvalue weighted by Crippen LogP contribution is 2.24. The van der Waals surface area contributed by atoms with Gasteiger partial charge >= 0.3 is 5.97 Å². The molecule has 1 aromatic carbocycles. The van der Waals surface area contributed by atoms with E-state index in [1.165, 1.54) is 0 Å². The number of carboxylic acids is 1. The van der Waals surface area contributed by atoms with E-state index in [0.717, 1.165) is 25.1 Å². The van der Waals surface area contributed by atoms with Crippen LogP contribution in [0.15, 0.2) is 24.3 Å². The second-order valence-electron chi connectivity index (χ2n) is 4.10. The number of benzene rings is 1. The monoisotopic (exact) mass is 239 g/mol. The summed E-state index contributed by atoms with van der Waals surface area (Å²) >= 11 is 5.82. The number of rotatable bonds is 2. The van der Waals surface area contributed by atoms with Gasteiger partial charge in [0.1, 0.15) is 0 Å². The molecule has 0 saturated carbocycles. The van der Waals surface area contributed by atoms with Crippen LogP contribution in [-0.2, 0) is 4.79 Å². The quantitative estimate of drug-likeness (QED) is 0.863. The van der Waals surface area contributed by atoms with Gasteiger partial charge in [-0.05, 0) is 37.1 Å². The van der Waals surface area contributed by atoms with Gasteiger partial charge in [-0.2, -0.15) is 0 Å². The Hall–Kier alpha value is -1.22. The van der Waals surface area contributed by atoms with Crippen LogP contribution in [0.1, 0.15) is 12.8 Å². The summed E-state index contributed by atoms with van der Waals surface area (Å²) in [5, 5.41) is 9.70. The molecule has 1 aromatic rings. The van der Waals surface area contributed by atoms with Crippen LogP contribution in [0.25, 0.3) is 0 Å². The van der Waals surface area contributed by atoms with E-state index >= 15 is 0 Å². The maximum Gasteiger partial charge on any atom is 0.308 e. The molecule has 1 heterocycles. The van der Waals surface area contributed by atoms with Gasteiger partial charge in [0, 0.05) is 23.8 Å². The number of carboxylic acid groups (broad SMARTS) is 1. The molecule has 4 heteroatoms. The SMILES string of the molecule is O=C(O)C1CCCN(c2ccc(Cl)cc2)C1. The second-order valence-corrected chi connectivity index (χ2v) is 4.54. The Morgan fingerprint density at radius 3 is 2.69 bits per heavy atom. The lowest BCUT2D eigenvalue weighted by Gasteiger charge is -2.32. The van der Waals surface area contributed by atoms with E-state index in [9.17, 15) is 4.79 Å². The zero-order valence-corrected chi connectivity index (χ0v) is 9.65. The Bertz CT molecular complexity index is 377. The van der Waals surface area contributed by atoms with Crippen molar-refractivity contribution in [1.29, 1.82) is 0 Å². The first-order valence-electron chi connectivity index (χ1n) is 5.40. The molecule has 1 aliphatic rings. The molecule has 1 unspecified atom stereocenters. The van der Waals surface area contributed by atoms with E-state index in [4.69, 9.17) is 16.7 Å². The summed E-state index contributed by atoms with van der Waals surface area (Å²) < 4.78 is 0. The van der Waals surface area contributed by atoms with E-state index in [-0.39, 0.29) is 5.92 Å². The summed E-state index contributed by atoms with van der Waals surface area (Å²) in [6.07, 6.45) is 1.71. The predicted molar refractivity (Wildman–Crippen MR) is 64.0 cm³/mol. The van der Waals surface area contributed by atoms with Gasteiger partial charge in [-0.25, -0.2) is 0 Å². The first-order chi connectivity index (χ1) is 7.66. The molecule has 16 heavy (non-hydrogen) atoms. The lowest BCUT2D eigenvalue weighted by atomic mass is 9.98. The minimum absolute atomic E-state index is 0.246. The summed E-state index contributed by atoms with van der Waals surface area (Å²) in [5.74, 6) is -0.942. The molecular weight excluding hydrogens is 226 g/mol. The number of nitrogens with zero attached hydrogens (tertiary/aromatic N) is 1. The van der Waals surface area contributed by atoms with Crippen molar-refractivity contribution < 1.29 is 9.90 Å². The number of hydrogen-bond donors (Lipinski definition) is 1. The molecule has 0 radical (unpaired) electrons. The normalized spacial score (nSPS) is 20.8. The van der Waals surface area contributed by atoms with Crippen molar-refractivity contribution in [3.05, 3.63) is 29.3 Å². The average Bonchev–Trinajstić information content (AvgIpc) is 2.30. The topological polar surface area (TPSA) is 40.5 Å².